The SMILES string of the molecule is CCCCN(C)C(CC(=O)O)Cc1ccc(C)c(C)c1. The number of carboxylic acid groups (broad SMARTS) is 1. The van der Waals surface area contributed by atoms with E-state index < -0.39 is 5.97 Å². The Kier molecular flexibility index (Phi) is 6.73. The molecule has 0 aliphatic rings. The van der Waals surface area contributed by atoms with Gasteiger partial charge in [0.1, 0.15) is 0 Å². The first-order valence-corrected chi connectivity index (χ1v) is 7.42. The number of aliphatic carboxylic acids is 1. The maximum atomic E-state index is 11.1. The van der Waals surface area contributed by atoms with Gasteiger partial charge in [0, 0.05) is 6.04 Å². The molecule has 1 atom stereocenters. The van der Waals surface area contributed by atoms with Gasteiger partial charge in [-0.2, -0.15) is 0 Å². The first-order valence-electron chi connectivity index (χ1n) is 7.42. The van der Waals surface area contributed by atoms with E-state index in [1.54, 1.807) is 0 Å². The Bertz CT molecular complexity index is 443. The summed E-state index contributed by atoms with van der Waals surface area (Å²) in [4.78, 5) is 13.3. The number of carboxylic acids is 1. The summed E-state index contributed by atoms with van der Waals surface area (Å²) in [5.74, 6) is -0.720. The quantitative estimate of drug-likeness (QED) is 0.791. The maximum absolute atomic E-state index is 11.1. The van der Waals surface area contributed by atoms with Crippen LogP contribution in [0.1, 0.15) is 42.9 Å². The van der Waals surface area contributed by atoms with E-state index in [-0.39, 0.29) is 12.5 Å². The van der Waals surface area contributed by atoms with Crippen LogP contribution < -0.4 is 0 Å². The van der Waals surface area contributed by atoms with Gasteiger partial charge < -0.3 is 10.0 Å². The lowest BCUT2D eigenvalue weighted by Gasteiger charge is -2.27. The average molecular weight is 277 g/mol. The van der Waals surface area contributed by atoms with Crippen molar-refractivity contribution in [2.45, 2.75) is 52.5 Å². The van der Waals surface area contributed by atoms with E-state index in [0.717, 1.165) is 25.8 Å². The number of benzene rings is 1. The zero-order chi connectivity index (χ0) is 15.1. The number of rotatable bonds is 8. The molecule has 20 heavy (non-hydrogen) atoms. The van der Waals surface area contributed by atoms with Crippen molar-refractivity contribution in [3.05, 3.63) is 34.9 Å². The second kappa shape index (κ2) is 8.05. The fourth-order valence-corrected chi connectivity index (χ4v) is 2.38. The summed E-state index contributed by atoms with van der Waals surface area (Å²) >= 11 is 0. The van der Waals surface area contributed by atoms with E-state index in [1.165, 1.54) is 16.7 Å². The summed E-state index contributed by atoms with van der Waals surface area (Å²) in [6.07, 6.45) is 3.24. The van der Waals surface area contributed by atoms with Crippen molar-refractivity contribution in [2.24, 2.45) is 0 Å². The van der Waals surface area contributed by atoms with Crippen LogP contribution in [0.3, 0.4) is 0 Å². The highest BCUT2D eigenvalue weighted by Crippen LogP contribution is 2.15. The molecule has 0 amide bonds. The van der Waals surface area contributed by atoms with Gasteiger partial charge in [0.05, 0.1) is 6.42 Å². The monoisotopic (exact) mass is 277 g/mol. The molecular formula is C17H27NO2. The zero-order valence-electron chi connectivity index (χ0n) is 13.1. The van der Waals surface area contributed by atoms with E-state index >= 15 is 0 Å². The Labute approximate surface area is 122 Å². The lowest BCUT2D eigenvalue weighted by atomic mass is 9.98. The standard InChI is InChI=1S/C17H27NO2/c1-5-6-9-18(4)16(12-17(19)20)11-15-8-7-13(2)14(3)10-15/h7-8,10,16H,5-6,9,11-12H2,1-4H3,(H,19,20). The van der Waals surface area contributed by atoms with Crippen LogP contribution in [0, 0.1) is 13.8 Å². The highest BCUT2D eigenvalue weighted by molar-refractivity contribution is 5.67. The van der Waals surface area contributed by atoms with E-state index in [9.17, 15) is 4.79 Å². The summed E-state index contributed by atoms with van der Waals surface area (Å²) in [5, 5.41) is 9.11. The van der Waals surface area contributed by atoms with Crippen LogP contribution in [0.15, 0.2) is 18.2 Å². The van der Waals surface area contributed by atoms with Crippen molar-refractivity contribution in [3.63, 3.8) is 0 Å². The lowest BCUT2D eigenvalue weighted by Crippen LogP contribution is -2.36. The lowest BCUT2D eigenvalue weighted by molar-refractivity contribution is -0.138. The molecule has 0 spiro atoms. The zero-order valence-corrected chi connectivity index (χ0v) is 13.1. The van der Waals surface area contributed by atoms with E-state index in [4.69, 9.17) is 5.11 Å². The molecule has 0 saturated heterocycles. The van der Waals surface area contributed by atoms with Crippen LogP contribution in [-0.2, 0) is 11.2 Å². The fourth-order valence-electron chi connectivity index (χ4n) is 2.38. The molecule has 0 radical (unpaired) electrons. The highest BCUT2D eigenvalue weighted by Gasteiger charge is 2.18. The molecule has 0 saturated carbocycles. The van der Waals surface area contributed by atoms with Crippen molar-refractivity contribution in [1.29, 1.82) is 0 Å². The van der Waals surface area contributed by atoms with Crippen LogP contribution >= 0.6 is 0 Å². The Morgan fingerprint density at radius 1 is 1.30 bits per heavy atom. The Morgan fingerprint density at radius 2 is 2.00 bits per heavy atom. The van der Waals surface area contributed by atoms with Crippen LogP contribution in [0.5, 0.6) is 0 Å². The van der Waals surface area contributed by atoms with Gasteiger partial charge in [-0.05, 0) is 57.0 Å². The van der Waals surface area contributed by atoms with E-state index in [0.29, 0.717) is 0 Å². The molecule has 1 unspecified atom stereocenters. The third kappa shape index (κ3) is 5.33. The summed E-state index contributed by atoms with van der Waals surface area (Å²) in [6, 6.07) is 6.48. The predicted octanol–water partition coefficient (Wildman–Crippen LogP) is 3.42. The van der Waals surface area contributed by atoms with Gasteiger partial charge in [-0.15, -0.1) is 0 Å². The molecule has 1 rings (SSSR count). The molecule has 112 valence electrons. The largest absolute Gasteiger partial charge is 0.481 e. The minimum Gasteiger partial charge on any atom is -0.481 e. The van der Waals surface area contributed by atoms with Gasteiger partial charge in [0.2, 0.25) is 0 Å². The van der Waals surface area contributed by atoms with Crippen LogP contribution in [0.4, 0.5) is 0 Å². The third-order valence-electron chi connectivity index (χ3n) is 3.94. The van der Waals surface area contributed by atoms with E-state index in [2.05, 4.69) is 43.9 Å². The maximum Gasteiger partial charge on any atom is 0.304 e. The van der Waals surface area contributed by atoms with Crippen LogP contribution in [0.25, 0.3) is 0 Å². The van der Waals surface area contributed by atoms with Crippen LogP contribution in [0.2, 0.25) is 0 Å². The Hall–Kier alpha value is -1.35. The molecule has 0 heterocycles. The number of likely N-dealkylation sites (N-methyl/N-ethyl adjacent to an activating group) is 1. The molecule has 0 aromatic heterocycles. The van der Waals surface area contributed by atoms with Gasteiger partial charge in [-0.3, -0.25) is 4.79 Å². The Balaban J connectivity index is 2.77. The van der Waals surface area contributed by atoms with Crippen molar-refractivity contribution in [3.8, 4) is 0 Å². The molecule has 1 N–H and O–H groups in total. The molecule has 1 aromatic rings. The molecule has 0 aliphatic carbocycles. The predicted molar refractivity (Wildman–Crippen MR) is 83.2 cm³/mol. The fraction of sp³-hybridized carbons (Fsp3) is 0.588. The van der Waals surface area contributed by atoms with Crippen molar-refractivity contribution >= 4 is 5.97 Å². The van der Waals surface area contributed by atoms with Gasteiger partial charge >= 0.3 is 5.97 Å². The van der Waals surface area contributed by atoms with E-state index in [1.807, 2.05) is 7.05 Å². The van der Waals surface area contributed by atoms with Gasteiger partial charge in [-0.1, -0.05) is 31.5 Å². The Morgan fingerprint density at radius 3 is 2.55 bits per heavy atom. The molecule has 0 aliphatic heterocycles. The molecule has 3 nitrogen and oxygen atoms in total. The number of unbranched alkanes of at least 4 members (excludes halogenated alkanes) is 1. The van der Waals surface area contributed by atoms with Crippen LogP contribution in [-0.4, -0.2) is 35.6 Å². The summed E-state index contributed by atoms with van der Waals surface area (Å²) < 4.78 is 0. The molecule has 3 heteroatoms. The summed E-state index contributed by atoms with van der Waals surface area (Å²) in [5.41, 5.74) is 3.78. The summed E-state index contributed by atoms with van der Waals surface area (Å²) in [6.45, 7) is 7.32. The smallest absolute Gasteiger partial charge is 0.304 e. The number of hydrogen-bond donors (Lipinski definition) is 1. The van der Waals surface area contributed by atoms with Gasteiger partial charge in [0.25, 0.3) is 0 Å². The first-order chi connectivity index (χ1) is 9.43. The molecule has 0 fully saturated rings. The van der Waals surface area contributed by atoms with Gasteiger partial charge in [0.15, 0.2) is 0 Å². The first kappa shape index (κ1) is 16.7. The highest BCUT2D eigenvalue weighted by atomic mass is 16.4. The number of hydrogen-bond acceptors (Lipinski definition) is 2. The van der Waals surface area contributed by atoms with Gasteiger partial charge in [-0.25, -0.2) is 0 Å². The second-order valence-electron chi connectivity index (χ2n) is 5.71. The summed E-state index contributed by atoms with van der Waals surface area (Å²) in [7, 11) is 2.03. The number of carbonyl (C=O) groups is 1. The minimum absolute atomic E-state index is 0.0705. The molecule has 0 bridgehead atoms. The van der Waals surface area contributed by atoms with Crippen molar-refractivity contribution in [1.82, 2.24) is 4.90 Å². The molecule has 1 aromatic carbocycles. The third-order valence-corrected chi connectivity index (χ3v) is 3.94. The topological polar surface area (TPSA) is 40.5 Å². The molecular weight excluding hydrogens is 250 g/mol. The second-order valence-corrected chi connectivity index (χ2v) is 5.71. The normalized spacial score (nSPS) is 12.7. The minimum atomic E-state index is -0.720. The number of aryl methyl sites for hydroxylation is 2. The van der Waals surface area contributed by atoms with Crippen molar-refractivity contribution in [2.75, 3.05) is 13.6 Å². The number of nitrogens with zero attached hydrogens (tertiary/aromatic N) is 1. The average Bonchev–Trinajstić information content (AvgIpc) is 2.39. The van der Waals surface area contributed by atoms with Crippen molar-refractivity contribution < 1.29 is 9.90 Å².